The number of nitrogens with zero attached hydrogens (tertiary/aromatic N) is 2. The number of nitrogens with one attached hydrogen (secondary N) is 2. The molecule has 0 amide bonds. The Hall–Kier alpha value is -1.72. The summed E-state index contributed by atoms with van der Waals surface area (Å²) >= 11 is 0. The first kappa shape index (κ1) is 11.8. The van der Waals surface area contributed by atoms with Crippen LogP contribution in [-0.2, 0) is 4.74 Å². The van der Waals surface area contributed by atoms with Crippen LogP contribution in [0.25, 0.3) is 0 Å². The standard InChI is InChI=1S/C11H19N5O/c1-8-7-14-10(12)16-11(15-8)13-5-4-9-3-2-6-17-9/h2,6,8-9H,3-5,7H2,1H3,(H4,12,13,14,15,16). The molecule has 4 N–H and O–H groups in total. The lowest BCUT2D eigenvalue weighted by Gasteiger charge is -2.13. The minimum absolute atomic E-state index is 0.242. The van der Waals surface area contributed by atoms with Gasteiger partial charge in [0.25, 0.3) is 0 Å². The van der Waals surface area contributed by atoms with E-state index in [-0.39, 0.29) is 12.1 Å². The monoisotopic (exact) mass is 237 g/mol. The van der Waals surface area contributed by atoms with Crippen LogP contribution in [0.2, 0.25) is 0 Å². The molecule has 6 heteroatoms. The van der Waals surface area contributed by atoms with Gasteiger partial charge in [-0.3, -0.25) is 15.3 Å². The van der Waals surface area contributed by atoms with Crippen molar-refractivity contribution in [3.8, 4) is 0 Å². The topological polar surface area (TPSA) is 84.0 Å². The Labute approximate surface area is 101 Å². The van der Waals surface area contributed by atoms with E-state index in [0.29, 0.717) is 25.0 Å². The van der Waals surface area contributed by atoms with Gasteiger partial charge >= 0.3 is 0 Å². The second-order valence-corrected chi connectivity index (χ2v) is 4.28. The van der Waals surface area contributed by atoms with Crippen molar-refractivity contribution in [2.45, 2.75) is 31.9 Å². The molecular formula is C11H19N5O. The summed E-state index contributed by atoms with van der Waals surface area (Å²) in [5, 5.41) is 6.17. The Morgan fingerprint density at radius 3 is 3.29 bits per heavy atom. The summed E-state index contributed by atoms with van der Waals surface area (Å²) in [6, 6.07) is 0.242. The highest BCUT2D eigenvalue weighted by Gasteiger charge is 2.13. The lowest BCUT2D eigenvalue weighted by molar-refractivity contribution is 0.163. The van der Waals surface area contributed by atoms with Gasteiger partial charge in [0.2, 0.25) is 0 Å². The van der Waals surface area contributed by atoms with E-state index in [1.165, 1.54) is 0 Å². The zero-order valence-electron chi connectivity index (χ0n) is 10.0. The minimum atomic E-state index is 0.242. The average molecular weight is 237 g/mol. The molecule has 0 aromatic carbocycles. The fourth-order valence-electron chi connectivity index (χ4n) is 1.73. The molecule has 2 heterocycles. The van der Waals surface area contributed by atoms with E-state index in [1.54, 1.807) is 6.26 Å². The van der Waals surface area contributed by atoms with Gasteiger partial charge in [-0.15, -0.1) is 0 Å². The van der Waals surface area contributed by atoms with Crippen LogP contribution in [0.5, 0.6) is 0 Å². The van der Waals surface area contributed by atoms with Gasteiger partial charge in [-0.25, -0.2) is 0 Å². The second kappa shape index (κ2) is 5.56. The Bertz CT molecular complexity index is 342. The minimum Gasteiger partial charge on any atom is -0.498 e. The van der Waals surface area contributed by atoms with Crippen molar-refractivity contribution >= 4 is 11.9 Å². The molecule has 2 aliphatic rings. The molecule has 0 saturated carbocycles. The quantitative estimate of drug-likeness (QED) is 0.641. The fraction of sp³-hybridized carbons (Fsp3) is 0.636. The zero-order chi connectivity index (χ0) is 12.1. The van der Waals surface area contributed by atoms with Gasteiger partial charge in [0.15, 0.2) is 11.9 Å². The molecule has 0 spiro atoms. The van der Waals surface area contributed by atoms with E-state index in [0.717, 1.165) is 12.8 Å². The van der Waals surface area contributed by atoms with Gasteiger partial charge in [-0.1, -0.05) is 0 Å². The normalized spacial score (nSPS) is 30.2. The van der Waals surface area contributed by atoms with E-state index in [4.69, 9.17) is 10.5 Å². The maximum atomic E-state index is 5.66. The number of guanidine groups is 2. The third-order valence-corrected chi connectivity index (χ3v) is 2.65. The highest BCUT2D eigenvalue weighted by Crippen LogP contribution is 2.12. The van der Waals surface area contributed by atoms with Crippen LogP contribution in [0.3, 0.4) is 0 Å². The van der Waals surface area contributed by atoms with Crippen LogP contribution in [0.15, 0.2) is 22.3 Å². The number of rotatable bonds is 3. The Kier molecular flexibility index (Phi) is 3.85. The molecule has 0 saturated heterocycles. The van der Waals surface area contributed by atoms with Gasteiger partial charge < -0.3 is 15.8 Å². The molecule has 94 valence electrons. The summed E-state index contributed by atoms with van der Waals surface area (Å²) < 4.78 is 5.37. The van der Waals surface area contributed by atoms with Crippen molar-refractivity contribution in [3.63, 3.8) is 0 Å². The molecule has 0 aromatic heterocycles. The van der Waals surface area contributed by atoms with Gasteiger partial charge in [-0.2, -0.15) is 0 Å². The Morgan fingerprint density at radius 1 is 1.65 bits per heavy atom. The van der Waals surface area contributed by atoms with Crippen LogP contribution < -0.4 is 16.4 Å². The SMILES string of the molecule is CC1CN=C(N)NC(=NCCC2CC=CO2)N1. The van der Waals surface area contributed by atoms with Gasteiger partial charge in [0.1, 0.15) is 6.10 Å². The molecule has 0 fully saturated rings. The van der Waals surface area contributed by atoms with Gasteiger partial charge in [-0.05, 0) is 13.0 Å². The predicted octanol–water partition coefficient (Wildman–Crippen LogP) is -0.0689. The van der Waals surface area contributed by atoms with Crippen molar-refractivity contribution in [2.24, 2.45) is 15.7 Å². The highest BCUT2D eigenvalue weighted by atomic mass is 16.5. The molecule has 0 aliphatic carbocycles. The van der Waals surface area contributed by atoms with Crippen LogP contribution in [0, 0.1) is 0 Å². The smallest absolute Gasteiger partial charge is 0.198 e. The number of nitrogens with two attached hydrogens (primary N) is 1. The van der Waals surface area contributed by atoms with Gasteiger partial charge in [0.05, 0.1) is 12.8 Å². The van der Waals surface area contributed by atoms with Crippen molar-refractivity contribution < 1.29 is 4.74 Å². The van der Waals surface area contributed by atoms with Crippen molar-refractivity contribution in [2.75, 3.05) is 13.1 Å². The summed E-state index contributed by atoms with van der Waals surface area (Å²) in [6.07, 6.45) is 5.95. The molecule has 0 radical (unpaired) electrons. The summed E-state index contributed by atoms with van der Waals surface area (Å²) in [7, 11) is 0. The van der Waals surface area contributed by atoms with Crippen LogP contribution in [0.1, 0.15) is 19.8 Å². The first-order valence-electron chi connectivity index (χ1n) is 5.92. The molecule has 2 rings (SSSR count). The van der Waals surface area contributed by atoms with E-state index in [9.17, 15) is 0 Å². The van der Waals surface area contributed by atoms with Gasteiger partial charge in [0, 0.05) is 25.4 Å². The third-order valence-electron chi connectivity index (χ3n) is 2.65. The van der Waals surface area contributed by atoms with Crippen molar-refractivity contribution in [1.29, 1.82) is 0 Å². The number of hydrogen-bond acceptors (Lipinski definition) is 4. The number of hydrogen-bond donors (Lipinski definition) is 3. The largest absolute Gasteiger partial charge is 0.498 e. The zero-order valence-corrected chi connectivity index (χ0v) is 10.0. The molecule has 2 aliphatic heterocycles. The highest BCUT2D eigenvalue weighted by molar-refractivity contribution is 5.98. The molecule has 0 bridgehead atoms. The molecule has 6 nitrogen and oxygen atoms in total. The van der Waals surface area contributed by atoms with E-state index >= 15 is 0 Å². The summed E-state index contributed by atoms with van der Waals surface area (Å²) in [6.45, 7) is 3.42. The molecular weight excluding hydrogens is 218 g/mol. The molecule has 0 aromatic rings. The number of aliphatic imine (C=N–C) groups is 2. The third kappa shape index (κ3) is 3.65. The maximum absolute atomic E-state index is 5.66. The van der Waals surface area contributed by atoms with Crippen molar-refractivity contribution in [1.82, 2.24) is 10.6 Å². The summed E-state index contributed by atoms with van der Waals surface area (Å²) in [5.41, 5.74) is 5.66. The maximum Gasteiger partial charge on any atom is 0.198 e. The van der Waals surface area contributed by atoms with E-state index in [2.05, 4.69) is 20.6 Å². The van der Waals surface area contributed by atoms with Crippen LogP contribution in [0.4, 0.5) is 0 Å². The number of ether oxygens (including phenoxy) is 1. The lowest BCUT2D eigenvalue weighted by Crippen LogP contribution is -2.45. The fourth-order valence-corrected chi connectivity index (χ4v) is 1.73. The first-order valence-corrected chi connectivity index (χ1v) is 5.92. The molecule has 2 unspecified atom stereocenters. The Morgan fingerprint density at radius 2 is 2.53 bits per heavy atom. The Balaban J connectivity index is 1.81. The molecule has 2 atom stereocenters. The summed E-state index contributed by atoms with van der Waals surface area (Å²) in [5.74, 6) is 1.11. The first-order chi connectivity index (χ1) is 8.24. The second-order valence-electron chi connectivity index (χ2n) is 4.28. The lowest BCUT2D eigenvalue weighted by atomic mass is 10.2. The van der Waals surface area contributed by atoms with Crippen molar-refractivity contribution in [3.05, 3.63) is 12.3 Å². The van der Waals surface area contributed by atoms with Crippen LogP contribution >= 0.6 is 0 Å². The summed E-state index contributed by atoms with van der Waals surface area (Å²) in [4.78, 5) is 8.58. The van der Waals surface area contributed by atoms with Crippen LogP contribution in [-0.4, -0.2) is 37.2 Å². The molecule has 17 heavy (non-hydrogen) atoms. The van der Waals surface area contributed by atoms with E-state index in [1.807, 2.05) is 13.0 Å². The van der Waals surface area contributed by atoms with E-state index < -0.39 is 0 Å². The average Bonchev–Trinajstić information content (AvgIpc) is 2.73. The predicted molar refractivity (Wildman–Crippen MR) is 67.8 cm³/mol.